The summed E-state index contributed by atoms with van der Waals surface area (Å²) < 4.78 is 0. The van der Waals surface area contributed by atoms with Crippen molar-refractivity contribution >= 4 is 17.8 Å². The molecule has 0 saturated heterocycles. The van der Waals surface area contributed by atoms with E-state index in [1.807, 2.05) is 19.9 Å². The summed E-state index contributed by atoms with van der Waals surface area (Å²) in [5.74, 6) is -1.60. The van der Waals surface area contributed by atoms with E-state index in [9.17, 15) is 14.4 Å². The molecule has 1 aliphatic carbocycles. The zero-order chi connectivity index (χ0) is 17.0. The second-order valence-electron chi connectivity index (χ2n) is 6.23. The van der Waals surface area contributed by atoms with Gasteiger partial charge < -0.3 is 15.7 Å². The van der Waals surface area contributed by atoms with E-state index in [-0.39, 0.29) is 24.8 Å². The van der Waals surface area contributed by atoms with E-state index in [1.165, 1.54) is 0 Å². The number of hydrogen-bond donors (Lipinski definition) is 3. The number of carboxylic acids is 1. The van der Waals surface area contributed by atoms with Crippen LogP contribution < -0.4 is 10.6 Å². The molecule has 1 saturated carbocycles. The molecular formula is C17H22N2O4. The standard InChI is InChI=1S/C17H22N2O4/c1-11-4-5-13(8-12(11)2)16(23)18-10-14(20)19-17(6-3-7-17)9-15(21)22/h4-5,8H,3,6-7,9-10H2,1-2H3,(H,18,23)(H,19,20)(H,21,22). The lowest BCUT2D eigenvalue weighted by Gasteiger charge is -2.41. The number of hydrogen-bond acceptors (Lipinski definition) is 3. The Balaban J connectivity index is 1.87. The average molecular weight is 318 g/mol. The first-order valence-electron chi connectivity index (χ1n) is 7.70. The normalized spacial score (nSPS) is 15.4. The predicted octanol–water partition coefficient (Wildman–Crippen LogP) is 1.55. The molecule has 1 aliphatic rings. The summed E-state index contributed by atoms with van der Waals surface area (Å²) in [6, 6.07) is 5.36. The van der Waals surface area contributed by atoms with Gasteiger partial charge in [-0.1, -0.05) is 6.07 Å². The summed E-state index contributed by atoms with van der Waals surface area (Å²) in [5, 5.41) is 14.2. The molecule has 6 heteroatoms. The second-order valence-corrected chi connectivity index (χ2v) is 6.23. The number of amides is 2. The Bertz CT molecular complexity index is 635. The van der Waals surface area contributed by atoms with Gasteiger partial charge in [0, 0.05) is 5.56 Å². The minimum Gasteiger partial charge on any atom is -0.481 e. The van der Waals surface area contributed by atoms with Crippen LogP contribution in [-0.4, -0.2) is 35.0 Å². The van der Waals surface area contributed by atoms with Crippen molar-refractivity contribution in [3.05, 3.63) is 34.9 Å². The predicted molar refractivity (Wildman–Crippen MR) is 85.2 cm³/mol. The van der Waals surface area contributed by atoms with Crippen molar-refractivity contribution in [3.8, 4) is 0 Å². The first-order valence-corrected chi connectivity index (χ1v) is 7.70. The third-order valence-electron chi connectivity index (χ3n) is 4.38. The molecule has 0 radical (unpaired) electrons. The first-order chi connectivity index (χ1) is 10.8. The van der Waals surface area contributed by atoms with Crippen LogP contribution in [-0.2, 0) is 9.59 Å². The molecule has 3 N–H and O–H groups in total. The fourth-order valence-corrected chi connectivity index (χ4v) is 2.72. The minimum atomic E-state index is -0.927. The van der Waals surface area contributed by atoms with Gasteiger partial charge in [0.1, 0.15) is 0 Å². The topological polar surface area (TPSA) is 95.5 Å². The van der Waals surface area contributed by atoms with E-state index in [2.05, 4.69) is 10.6 Å². The highest BCUT2D eigenvalue weighted by atomic mass is 16.4. The Hall–Kier alpha value is -2.37. The van der Waals surface area contributed by atoms with Gasteiger partial charge in [-0.15, -0.1) is 0 Å². The lowest BCUT2D eigenvalue weighted by atomic mass is 9.74. The maximum atomic E-state index is 12.1. The zero-order valence-corrected chi connectivity index (χ0v) is 13.4. The maximum absolute atomic E-state index is 12.1. The fraction of sp³-hybridized carbons (Fsp3) is 0.471. The number of carbonyl (C=O) groups is 3. The highest BCUT2D eigenvalue weighted by molar-refractivity contribution is 5.96. The molecule has 0 spiro atoms. The molecule has 0 unspecified atom stereocenters. The van der Waals surface area contributed by atoms with E-state index in [1.54, 1.807) is 12.1 Å². The zero-order valence-electron chi connectivity index (χ0n) is 13.4. The summed E-state index contributed by atoms with van der Waals surface area (Å²) in [6.07, 6.45) is 2.15. The van der Waals surface area contributed by atoms with Gasteiger partial charge in [0.05, 0.1) is 18.5 Å². The van der Waals surface area contributed by atoms with Crippen molar-refractivity contribution in [1.29, 1.82) is 0 Å². The van der Waals surface area contributed by atoms with Crippen molar-refractivity contribution in [2.24, 2.45) is 0 Å². The first kappa shape index (κ1) is 17.0. The van der Waals surface area contributed by atoms with Gasteiger partial charge in [0.25, 0.3) is 5.91 Å². The minimum absolute atomic E-state index is 0.0795. The molecule has 0 aliphatic heterocycles. The average Bonchev–Trinajstić information content (AvgIpc) is 2.44. The van der Waals surface area contributed by atoms with Crippen LogP contribution in [0.4, 0.5) is 0 Å². The third-order valence-corrected chi connectivity index (χ3v) is 4.38. The van der Waals surface area contributed by atoms with Crippen molar-refractivity contribution in [2.45, 2.75) is 45.1 Å². The molecule has 0 heterocycles. The summed E-state index contributed by atoms with van der Waals surface area (Å²) in [7, 11) is 0. The second kappa shape index (κ2) is 6.81. The Morgan fingerprint density at radius 1 is 1.17 bits per heavy atom. The highest BCUT2D eigenvalue weighted by Gasteiger charge is 2.40. The largest absolute Gasteiger partial charge is 0.481 e. The SMILES string of the molecule is Cc1ccc(C(=O)NCC(=O)NC2(CC(=O)O)CCC2)cc1C. The van der Waals surface area contributed by atoms with Crippen molar-refractivity contribution in [1.82, 2.24) is 10.6 Å². The molecule has 0 aromatic heterocycles. The summed E-state index contributed by atoms with van der Waals surface area (Å²) in [6.45, 7) is 3.73. The Labute approximate surface area is 135 Å². The van der Waals surface area contributed by atoms with Crippen molar-refractivity contribution in [2.75, 3.05) is 6.54 Å². The van der Waals surface area contributed by atoms with Crippen molar-refractivity contribution in [3.63, 3.8) is 0 Å². The molecule has 1 aromatic carbocycles. The van der Waals surface area contributed by atoms with E-state index in [0.717, 1.165) is 17.5 Å². The smallest absolute Gasteiger partial charge is 0.305 e. The lowest BCUT2D eigenvalue weighted by molar-refractivity contribution is -0.140. The maximum Gasteiger partial charge on any atom is 0.305 e. The molecule has 1 aromatic rings. The Kier molecular flexibility index (Phi) is 5.03. The molecule has 2 rings (SSSR count). The van der Waals surface area contributed by atoms with Crippen LogP contribution in [0.1, 0.15) is 47.2 Å². The summed E-state index contributed by atoms with van der Waals surface area (Å²) in [5.41, 5.74) is 1.97. The van der Waals surface area contributed by atoms with Gasteiger partial charge in [0.15, 0.2) is 0 Å². The van der Waals surface area contributed by atoms with Gasteiger partial charge >= 0.3 is 5.97 Å². The third kappa shape index (κ3) is 4.31. The fourth-order valence-electron chi connectivity index (χ4n) is 2.72. The molecule has 6 nitrogen and oxygen atoms in total. The highest BCUT2D eigenvalue weighted by Crippen LogP contribution is 2.34. The van der Waals surface area contributed by atoms with Crippen LogP contribution in [0.25, 0.3) is 0 Å². The Morgan fingerprint density at radius 3 is 2.39 bits per heavy atom. The van der Waals surface area contributed by atoms with E-state index in [0.29, 0.717) is 18.4 Å². The molecule has 124 valence electrons. The van der Waals surface area contributed by atoms with Gasteiger partial charge in [-0.2, -0.15) is 0 Å². The quantitative estimate of drug-likeness (QED) is 0.741. The molecule has 23 heavy (non-hydrogen) atoms. The van der Waals surface area contributed by atoms with Crippen LogP contribution in [0.15, 0.2) is 18.2 Å². The van der Waals surface area contributed by atoms with Crippen molar-refractivity contribution < 1.29 is 19.5 Å². The van der Waals surface area contributed by atoms with Gasteiger partial charge in [-0.25, -0.2) is 0 Å². The van der Waals surface area contributed by atoms with Crippen LogP contribution in [0.2, 0.25) is 0 Å². The number of aliphatic carboxylic acids is 1. The number of rotatable bonds is 6. The number of carbonyl (C=O) groups excluding carboxylic acids is 2. The molecule has 0 atom stereocenters. The number of nitrogens with one attached hydrogen (secondary N) is 2. The van der Waals surface area contributed by atoms with E-state index in [4.69, 9.17) is 5.11 Å². The Morgan fingerprint density at radius 2 is 1.87 bits per heavy atom. The van der Waals surface area contributed by atoms with Crippen LogP contribution >= 0.6 is 0 Å². The number of carboxylic acid groups (broad SMARTS) is 1. The van der Waals surface area contributed by atoms with E-state index < -0.39 is 11.5 Å². The van der Waals surface area contributed by atoms with E-state index >= 15 is 0 Å². The molecule has 0 bridgehead atoms. The lowest BCUT2D eigenvalue weighted by Crippen LogP contribution is -2.56. The van der Waals surface area contributed by atoms with Crippen LogP contribution in [0.3, 0.4) is 0 Å². The molecule has 2 amide bonds. The monoisotopic (exact) mass is 318 g/mol. The van der Waals surface area contributed by atoms with Gasteiger partial charge in [-0.3, -0.25) is 14.4 Å². The number of aryl methyl sites for hydroxylation is 2. The van der Waals surface area contributed by atoms with Gasteiger partial charge in [-0.05, 0) is 56.4 Å². The molecule has 1 fully saturated rings. The van der Waals surface area contributed by atoms with Crippen LogP contribution in [0.5, 0.6) is 0 Å². The molecular weight excluding hydrogens is 296 g/mol. The summed E-state index contributed by atoms with van der Waals surface area (Å²) >= 11 is 0. The van der Waals surface area contributed by atoms with Gasteiger partial charge in [0.2, 0.25) is 5.91 Å². The summed E-state index contributed by atoms with van der Waals surface area (Å²) in [4.78, 5) is 34.9. The van der Waals surface area contributed by atoms with Crippen LogP contribution in [0, 0.1) is 13.8 Å². The number of benzene rings is 1.